The highest BCUT2D eigenvalue weighted by atomic mass is 35.5. The molecule has 2 heterocycles. The highest BCUT2D eigenvalue weighted by Gasteiger charge is 2.26. The molecule has 0 atom stereocenters. The van der Waals surface area contributed by atoms with Crippen molar-refractivity contribution >= 4 is 29.1 Å². The molecule has 0 amide bonds. The summed E-state index contributed by atoms with van der Waals surface area (Å²) >= 11 is 0. The molecule has 2 aliphatic rings. The van der Waals surface area contributed by atoms with Gasteiger partial charge in [-0.2, -0.15) is 0 Å². The first-order chi connectivity index (χ1) is 10.4. The van der Waals surface area contributed by atoms with Crippen LogP contribution in [0.2, 0.25) is 0 Å². The van der Waals surface area contributed by atoms with Crippen LogP contribution in [-0.4, -0.2) is 42.1 Å². The Bertz CT molecular complexity index is 617. The largest absolute Gasteiger partial charge is 0.354 e. The van der Waals surface area contributed by atoms with E-state index < -0.39 is 0 Å². The molecule has 0 bridgehead atoms. The van der Waals surface area contributed by atoms with Gasteiger partial charge in [0.05, 0.1) is 5.52 Å². The third-order valence-electron chi connectivity index (χ3n) is 5.06. The second-order valence-electron chi connectivity index (χ2n) is 6.32. The Morgan fingerprint density at radius 1 is 0.864 bits per heavy atom. The van der Waals surface area contributed by atoms with Gasteiger partial charge in [0, 0.05) is 37.6 Å². The number of halogens is 1. The van der Waals surface area contributed by atoms with Crippen molar-refractivity contribution in [1.29, 1.82) is 0 Å². The second kappa shape index (κ2) is 6.84. The summed E-state index contributed by atoms with van der Waals surface area (Å²) in [5.74, 6) is 1.14. The molecule has 0 radical (unpaired) electrons. The number of fused-ring (bicyclic) bond motifs is 1. The molecular weight excluding hydrogens is 294 g/mol. The fourth-order valence-electron chi connectivity index (χ4n) is 3.82. The molecule has 0 spiro atoms. The molecule has 4 heteroatoms. The van der Waals surface area contributed by atoms with Crippen LogP contribution in [0.3, 0.4) is 0 Å². The average molecular weight is 318 g/mol. The van der Waals surface area contributed by atoms with Crippen LogP contribution in [0.4, 0.5) is 5.82 Å². The lowest BCUT2D eigenvalue weighted by atomic mass is 10.1. The number of aromatic nitrogens is 1. The third-order valence-corrected chi connectivity index (χ3v) is 5.06. The summed E-state index contributed by atoms with van der Waals surface area (Å²) in [6.07, 6.45) is 5.68. The smallest absolute Gasteiger partial charge is 0.129 e. The van der Waals surface area contributed by atoms with Crippen LogP contribution in [0.1, 0.15) is 25.7 Å². The molecule has 2 aromatic rings. The minimum atomic E-state index is 0. The van der Waals surface area contributed by atoms with Crippen molar-refractivity contribution in [1.82, 2.24) is 9.88 Å². The summed E-state index contributed by atoms with van der Waals surface area (Å²) in [6.45, 7) is 4.61. The van der Waals surface area contributed by atoms with E-state index in [-0.39, 0.29) is 12.4 Å². The molecule has 118 valence electrons. The van der Waals surface area contributed by atoms with Crippen molar-refractivity contribution < 1.29 is 0 Å². The number of pyridine rings is 1. The first-order valence-corrected chi connectivity index (χ1v) is 8.25. The number of hydrogen-bond acceptors (Lipinski definition) is 3. The van der Waals surface area contributed by atoms with Gasteiger partial charge in [-0.3, -0.25) is 4.90 Å². The number of piperazine rings is 1. The summed E-state index contributed by atoms with van der Waals surface area (Å²) in [7, 11) is 0. The van der Waals surface area contributed by atoms with Gasteiger partial charge in [-0.05, 0) is 31.0 Å². The van der Waals surface area contributed by atoms with E-state index >= 15 is 0 Å². The van der Waals surface area contributed by atoms with Gasteiger partial charge in [0.25, 0.3) is 0 Å². The topological polar surface area (TPSA) is 19.4 Å². The van der Waals surface area contributed by atoms with E-state index in [0.29, 0.717) is 0 Å². The van der Waals surface area contributed by atoms with E-state index in [4.69, 9.17) is 4.98 Å². The van der Waals surface area contributed by atoms with Crippen LogP contribution >= 0.6 is 12.4 Å². The Hall–Kier alpha value is -1.32. The van der Waals surface area contributed by atoms with E-state index in [1.54, 1.807) is 0 Å². The van der Waals surface area contributed by atoms with Crippen LogP contribution in [0.5, 0.6) is 0 Å². The Balaban J connectivity index is 0.00000144. The molecule has 0 N–H and O–H groups in total. The lowest BCUT2D eigenvalue weighted by Gasteiger charge is -2.38. The Kier molecular flexibility index (Phi) is 4.84. The van der Waals surface area contributed by atoms with Gasteiger partial charge in [0.15, 0.2) is 0 Å². The minimum Gasteiger partial charge on any atom is -0.354 e. The zero-order valence-electron chi connectivity index (χ0n) is 12.9. The van der Waals surface area contributed by atoms with E-state index in [2.05, 4.69) is 46.2 Å². The summed E-state index contributed by atoms with van der Waals surface area (Å²) in [5.41, 5.74) is 1.10. The van der Waals surface area contributed by atoms with Gasteiger partial charge >= 0.3 is 0 Å². The summed E-state index contributed by atoms with van der Waals surface area (Å²) in [4.78, 5) is 9.97. The lowest BCUT2D eigenvalue weighted by Crippen LogP contribution is -2.49. The van der Waals surface area contributed by atoms with Crippen molar-refractivity contribution in [2.24, 2.45) is 0 Å². The summed E-state index contributed by atoms with van der Waals surface area (Å²) in [5, 5.41) is 1.23. The van der Waals surface area contributed by atoms with E-state index in [0.717, 1.165) is 30.5 Å². The fraction of sp³-hybridized carbons (Fsp3) is 0.500. The van der Waals surface area contributed by atoms with Crippen LogP contribution in [-0.2, 0) is 0 Å². The molecule has 22 heavy (non-hydrogen) atoms. The van der Waals surface area contributed by atoms with Gasteiger partial charge in [0.1, 0.15) is 5.82 Å². The Labute approximate surface area is 138 Å². The summed E-state index contributed by atoms with van der Waals surface area (Å²) in [6, 6.07) is 13.6. The number of rotatable bonds is 2. The van der Waals surface area contributed by atoms with E-state index in [1.807, 2.05) is 0 Å². The normalized spacial score (nSPS) is 20.3. The molecule has 2 fully saturated rings. The number of nitrogens with zero attached hydrogens (tertiary/aromatic N) is 3. The zero-order valence-corrected chi connectivity index (χ0v) is 13.8. The summed E-state index contributed by atoms with van der Waals surface area (Å²) < 4.78 is 0. The average Bonchev–Trinajstić information content (AvgIpc) is 3.09. The van der Waals surface area contributed by atoms with Crippen molar-refractivity contribution in [3.8, 4) is 0 Å². The number of para-hydroxylation sites is 1. The first kappa shape index (κ1) is 15.6. The zero-order chi connectivity index (χ0) is 14.1. The van der Waals surface area contributed by atoms with Crippen LogP contribution < -0.4 is 4.90 Å². The number of anilines is 1. The van der Waals surface area contributed by atoms with Crippen molar-refractivity contribution in [3.05, 3.63) is 36.4 Å². The van der Waals surface area contributed by atoms with Gasteiger partial charge in [-0.15, -0.1) is 12.4 Å². The highest BCUT2D eigenvalue weighted by Crippen LogP contribution is 2.25. The SMILES string of the molecule is Cl.c1ccc2nc(N3CCN(C4CCCC4)CC3)ccc2c1. The maximum Gasteiger partial charge on any atom is 0.129 e. The van der Waals surface area contributed by atoms with Crippen LogP contribution in [0.15, 0.2) is 36.4 Å². The van der Waals surface area contributed by atoms with Crippen molar-refractivity contribution in [2.75, 3.05) is 31.1 Å². The number of hydrogen-bond donors (Lipinski definition) is 0. The van der Waals surface area contributed by atoms with Crippen LogP contribution in [0.25, 0.3) is 10.9 Å². The van der Waals surface area contributed by atoms with Crippen LogP contribution in [0, 0.1) is 0 Å². The molecule has 3 nitrogen and oxygen atoms in total. The molecule has 4 rings (SSSR count). The van der Waals surface area contributed by atoms with Gasteiger partial charge < -0.3 is 4.90 Å². The standard InChI is InChI=1S/C18H23N3.ClH/c1-4-8-17-15(5-1)9-10-18(19-17)21-13-11-20(12-14-21)16-6-2-3-7-16;/h1,4-5,8-10,16H,2-3,6-7,11-14H2;1H. The van der Waals surface area contributed by atoms with Crippen molar-refractivity contribution in [2.45, 2.75) is 31.7 Å². The molecule has 1 aliphatic heterocycles. The molecule has 1 aromatic heterocycles. The van der Waals surface area contributed by atoms with Gasteiger partial charge in [0.2, 0.25) is 0 Å². The predicted octanol–water partition coefficient (Wildman–Crippen LogP) is 3.72. The molecule has 1 saturated heterocycles. The predicted molar refractivity (Wildman–Crippen MR) is 95.0 cm³/mol. The van der Waals surface area contributed by atoms with E-state index in [1.165, 1.54) is 44.2 Å². The molecule has 0 unspecified atom stereocenters. The Morgan fingerprint density at radius 3 is 2.36 bits per heavy atom. The highest BCUT2D eigenvalue weighted by molar-refractivity contribution is 5.85. The van der Waals surface area contributed by atoms with Gasteiger partial charge in [-0.25, -0.2) is 4.98 Å². The molecular formula is C18H24ClN3. The Morgan fingerprint density at radius 2 is 1.59 bits per heavy atom. The lowest BCUT2D eigenvalue weighted by molar-refractivity contribution is 0.187. The maximum atomic E-state index is 4.83. The molecule has 1 aliphatic carbocycles. The third kappa shape index (κ3) is 3.06. The first-order valence-electron chi connectivity index (χ1n) is 8.25. The quantitative estimate of drug-likeness (QED) is 0.841. The molecule has 1 aromatic carbocycles. The minimum absolute atomic E-state index is 0. The second-order valence-corrected chi connectivity index (χ2v) is 6.32. The number of benzene rings is 1. The monoisotopic (exact) mass is 317 g/mol. The fourth-order valence-corrected chi connectivity index (χ4v) is 3.82. The van der Waals surface area contributed by atoms with Gasteiger partial charge in [-0.1, -0.05) is 31.0 Å². The van der Waals surface area contributed by atoms with E-state index in [9.17, 15) is 0 Å². The maximum absolute atomic E-state index is 4.83. The molecule has 1 saturated carbocycles. The van der Waals surface area contributed by atoms with Crippen molar-refractivity contribution in [3.63, 3.8) is 0 Å².